The van der Waals surface area contributed by atoms with E-state index in [1.165, 1.54) is 6.07 Å². The van der Waals surface area contributed by atoms with Crippen LogP contribution in [0.1, 0.15) is 11.4 Å². The van der Waals surface area contributed by atoms with E-state index in [9.17, 15) is 13.2 Å². The first-order valence-corrected chi connectivity index (χ1v) is 8.30. The third kappa shape index (κ3) is 3.44. The van der Waals surface area contributed by atoms with Crippen molar-refractivity contribution in [2.75, 3.05) is 5.32 Å². The second-order valence-electron chi connectivity index (χ2n) is 6.11. The Morgan fingerprint density at radius 2 is 1.89 bits per heavy atom. The highest BCUT2D eigenvalue weighted by Crippen LogP contribution is 2.30. The number of rotatable bonds is 4. The molecule has 0 aliphatic heterocycles. The number of aromatic amines is 1. The first-order chi connectivity index (χ1) is 13.4. The number of H-pyrrole nitrogens is 1. The third-order valence-corrected chi connectivity index (χ3v) is 4.19. The molecule has 0 aliphatic carbocycles. The van der Waals surface area contributed by atoms with Crippen LogP contribution in [-0.4, -0.2) is 20.2 Å². The van der Waals surface area contributed by atoms with Crippen LogP contribution in [0.25, 0.3) is 27.7 Å². The average Bonchev–Trinajstić information content (AvgIpc) is 3.12. The standard InChI is InChI=1S/C20H14F3N5/c1-12(26-15-5-7-18(25-11-15)20(21,22)23)19-16-9-13(4-6-17(16)27-28-19)14-3-2-8-24-10-14/h2-11,26H,1H2,(H,27,28). The lowest BCUT2D eigenvalue weighted by Crippen LogP contribution is -2.08. The monoisotopic (exact) mass is 381 g/mol. The van der Waals surface area contributed by atoms with Gasteiger partial charge in [0.2, 0.25) is 0 Å². The van der Waals surface area contributed by atoms with Gasteiger partial charge in [0.15, 0.2) is 0 Å². The summed E-state index contributed by atoms with van der Waals surface area (Å²) in [7, 11) is 0. The summed E-state index contributed by atoms with van der Waals surface area (Å²) in [5.41, 5.74) is 3.19. The van der Waals surface area contributed by atoms with Gasteiger partial charge < -0.3 is 5.32 Å². The quantitative estimate of drug-likeness (QED) is 0.515. The second kappa shape index (κ2) is 6.80. The molecule has 4 aromatic rings. The van der Waals surface area contributed by atoms with Crippen molar-refractivity contribution in [3.05, 3.63) is 79.0 Å². The molecule has 2 N–H and O–H groups in total. The topological polar surface area (TPSA) is 66.5 Å². The number of halogens is 3. The van der Waals surface area contributed by atoms with E-state index in [0.29, 0.717) is 17.1 Å². The Balaban J connectivity index is 1.62. The number of aromatic nitrogens is 4. The van der Waals surface area contributed by atoms with Gasteiger partial charge in [-0.05, 0) is 35.9 Å². The van der Waals surface area contributed by atoms with Gasteiger partial charge in [-0.2, -0.15) is 18.3 Å². The molecule has 0 spiro atoms. The molecule has 8 heteroatoms. The van der Waals surface area contributed by atoms with Crippen LogP contribution < -0.4 is 5.32 Å². The van der Waals surface area contributed by atoms with Crippen molar-refractivity contribution in [2.24, 2.45) is 0 Å². The molecule has 5 nitrogen and oxygen atoms in total. The number of alkyl halides is 3. The molecule has 4 rings (SSSR count). The van der Waals surface area contributed by atoms with E-state index >= 15 is 0 Å². The van der Waals surface area contributed by atoms with Crippen molar-refractivity contribution < 1.29 is 13.2 Å². The van der Waals surface area contributed by atoms with E-state index in [-0.39, 0.29) is 0 Å². The predicted molar refractivity (Wildman–Crippen MR) is 101 cm³/mol. The molecule has 0 aliphatic rings. The van der Waals surface area contributed by atoms with Gasteiger partial charge in [-0.25, -0.2) is 4.98 Å². The highest BCUT2D eigenvalue weighted by Gasteiger charge is 2.32. The van der Waals surface area contributed by atoms with Gasteiger partial charge in [-0.15, -0.1) is 0 Å². The summed E-state index contributed by atoms with van der Waals surface area (Å²) in [6, 6.07) is 11.8. The van der Waals surface area contributed by atoms with Crippen molar-refractivity contribution in [1.29, 1.82) is 0 Å². The Kier molecular flexibility index (Phi) is 4.31. The van der Waals surface area contributed by atoms with Crippen LogP contribution in [0.2, 0.25) is 0 Å². The Labute approximate surface area is 158 Å². The van der Waals surface area contributed by atoms with Crippen LogP contribution in [0.3, 0.4) is 0 Å². The zero-order valence-electron chi connectivity index (χ0n) is 14.5. The summed E-state index contributed by atoms with van der Waals surface area (Å²) in [5.74, 6) is 0. The van der Waals surface area contributed by atoms with Gasteiger partial charge in [-0.3, -0.25) is 10.1 Å². The van der Waals surface area contributed by atoms with Crippen LogP contribution in [0.5, 0.6) is 0 Å². The molecule has 3 heterocycles. The maximum atomic E-state index is 12.6. The molecule has 0 amide bonds. The Morgan fingerprint density at radius 3 is 2.57 bits per heavy atom. The SMILES string of the molecule is C=C(Nc1ccc(C(F)(F)F)nc1)c1n[nH]c2ccc(-c3cccnc3)cc12. The fourth-order valence-electron chi connectivity index (χ4n) is 2.83. The zero-order valence-corrected chi connectivity index (χ0v) is 14.5. The predicted octanol–water partition coefficient (Wildman–Crippen LogP) is 5.12. The van der Waals surface area contributed by atoms with Gasteiger partial charge in [0.25, 0.3) is 0 Å². The second-order valence-corrected chi connectivity index (χ2v) is 6.11. The van der Waals surface area contributed by atoms with Crippen molar-refractivity contribution in [1.82, 2.24) is 20.2 Å². The summed E-state index contributed by atoms with van der Waals surface area (Å²) in [5, 5.41) is 11.0. The molecule has 0 bridgehead atoms. The minimum absolute atomic E-state index is 0.387. The number of nitrogens with zero attached hydrogens (tertiary/aromatic N) is 3. The Hall–Kier alpha value is -3.68. The number of anilines is 1. The lowest BCUT2D eigenvalue weighted by Gasteiger charge is -2.10. The fraction of sp³-hybridized carbons (Fsp3) is 0.0500. The minimum atomic E-state index is -4.48. The maximum Gasteiger partial charge on any atom is 0.433 e. The van der Waals surface area contributed by atoms with E-state index in [0.717, 1.165) is 34.3 Å². The molecule has 0 saturated heterocycles. The van der Waals surface area contributed by atoms with Gasteiger partial charge in [0, 0.05) is 23.3 Å². The summed E-state index contributed by atoms with van der Waals surface area (Å²) in [6.07, 6.45) is 0.109. The molecule has 1 aromatic carbocycles. The van der Waals surface area contributed by atoms with Gasteiger partial charge in [-0.1, -0.05) is 18.7 Å². The summed E-state index contributed by atoms with van der Waals surface area (Å²) in [6.45, 7) is 3.96. The van der Waals surface area contributed by atoms with Crippen molar-refractivity contribution in [2.45, 2.75) is 6.18 Å². The highest BCUT2D eigenvalue weighted by atomic mass is 19.4. The number of nitrogens with one attached hydrogen (secondary N) is 2. The van der Waals surface area contributed by atoms with E-state index in [1.807, 2.05) is 30.3 Å². The normalized spacial score (nSPS) is 11.5. The van der Waals surface area contributed by atoms with E-state index in [4.69, 9.17) is 0 Å². The number of hydrogen-bond donors (Lipinski definition) is 2. The lowest BCUT2D eigenvalue weighted by molar-refractivity contribution is -0.141. The fourth-order valence-corrected chi connectivity index (χ4v) is 2.83. The van der Waals surface area contributed by atoms with E-state index in [2.05, 4.69) is 32.1 Å². The van der Waals surface area contributed by atoms with E-state index < -0.39 is 11.9 Å². The smallest absolute Gasteiger partial charge is 0.353 e. The summed E-state index contributed by atoms with van der Waals surface area (Å²) >= 11 is 0. The van der Waals surface area contributed by atoms with Gasteiger partial charge in [0.05, 0.1) is 23.1 Å². The molecule has 0 radical (unpaired) electrons. The first-order valence-electron chi connectivity index (χ1n) is 8.30. The molecule has 3 aromatic heterocycles. The molecule has 0 fully saturated rings. The molecule has 0 unspecified atom stereocenters. The number of fused-ring (bicyclic) bond motifs is 1. The maximum absolute atomic E-state index is 12.6. The van der Waals surface area contributed by atoms with Crippen molar-refractivity contribution in [3.8, 4) is 11.1 Å². The number of hydrogen-bond acceptors (Lipinski definition) is 4. The van der Waals surface area contributed by atoms with Crippen LogP contribution in [-0.2, 0) is 6.18 Å². The van der Waals surface area contributed by atoms with E-state index in [1.54, 1.807) is 12.4 Å². The summed E-state index contributed by atoms with van der Waals surface area (Å²) < 4.78 is 37.9. The Morgan fingerprint density at radius 1 is 1.04 bits per heavy atom. The van der Waals surface area contributed by atoms with Crippen molar-refractivity contribution >= 4 is 22.3 Å². The molecule has 0 atom stereocenters. The van der Waals surface area contributed by atoms with Gasteiger partial charge >= 0.3 is 6.18 Å². The van der Waals surface area contributed by atoms with Crippen LogP contribution in [0.4, 0.5) is 18.9 Å². The number of pyridine rings is 2. The lowest BCUT2D eigenvalue weighted by atomic mass is 10.0. The first kappa shape index (κ1) is 17.7. The molecular formula is C20H14F3N5. The largest absolute Gasteiger partial charge is 0.433 e. The average molecular weight is 381 g/mol. The van der Waals surface area contributed by atoms with Crippen LogP contribution >= 0.6 is 0 Å². The molecule has 140 valence electrons. The number of benzene rings is 1. The molecule has 0 saturated carbocycles. The molecule has 28 heavy (non-hydrogen) atoms. The van der Waals surface area contributed by atoms with Gasteiger partial charge in [0.1, 0.15) is 11.4 Å². The van der Waals surface area contributed by atoms with Crippen LogP contribution in [0, 0.1) is 0 Å². The zero-order chi connectivity index (χ0) is 19.7. The third-order valence-electron chi connectivity index (χ3n) is 4.19. The van der Waals surface area contributed by atoms with Crippen LogP contribution in [0.15, 0.2) is 67.6 Å². The minimum Gasteiger partial charge on any atom is -0.353 e. The highest BCUT2D eigenvalue weighted by molar-refractivity contribution is 5.94. The Bertz CT molecular complexity index is 1130. The summed E-state index contributed by atoms with van der Waals surface area (Å²) in [4.78, 5) is 7.56. The molecular weight excluding hydrogens is 367 g/mol. The van der Waals surface area contributed by atoms with Crippen molar-refractivity contribution in [3.63, 3.8) is 0 Å².